The van der Waals surface area contributed by atoms with Gasteiger partial charge in [0.05, 0.1) is 11.7 Å². The minimum Gasteiger partial charge on any atom is -0.388 e. The van der Waals surface area contributed by atoms with Gasteiger partial charge in [-0.25, -0.2) is 0 Å². The highest BCUT2D eigenvalue weighted by Crippen LogP contribution is 2.61. The third-order valence-corrected chi connectivity index (χ3v) is 4.07. The first-order chi connectivity index (χ1) is 13.8. The van der Waals surface area contributed by atoms with Crippen molar-refractivity contribution in [2.45, 2.75) is 54.5 Å². The van der Waals surface area contributed by atoms with E-state index in [-0.39, 0.29) is 24.3 Å². The van der Waals surface area contributed by atoms with E-state index >= 15 is 0 Å². The Labute approximate surface area is 166 Å². The average molecular weight is 508 g/mol. The molecule has 0 saturated carbocycles. The predicted molar refractivity (Wildman–Crippen MR) is 71.8 cm³/mol. The minimum absolute atomic E-state index is 0.126. The van der Waals surface area contributed by atoms with Crippen molar-refractivity contribution in [1.82, 2.24) is 0 Å². The van der Waals surface area contributed by atoms with Crippen LogP contribution in [0.4, 0.5) is 70.2 Å². The lowest BCUT2D eigenvalue weighted by Gasteiger charge is -2.40. The molecule has 0 spiro atoms. The van der Waals surface area contributed by atoms with Crippen LogP contribution in [0.15, 0.2) is 24.3 Å². The highest BCUT2D eigenvalue weighted by molar-refractivity contribution is 5.26. The Morgan fingerprint density at radius 1 is 0.562 bits per heavy atom. The molecular weight excluding hydrogens is 500 g/mol. The first-order valence-electron chi connectivity index (χ1n) is 7.65. The summed E-state index contributed by atoms with van der Waals surface area (Å²) in [5.74, 6) is -38.1. The number of aliphatic hydroxyl groups excluding tert-OH is 1. The van der Waals surface area contributed by atoms with E-state index in [1.165, 1.54) is 0 Å². The fourth-order valence-corrected chi connectivity index (χ4v) is 2.19. The molecule has 0 bridgehead atoms. The molecule has 0 aliphatic heterocycles. The number of hydrogen-bond donors (Lipinski definition) is 1. The molecule has 0 radical (unpaired) electrons. The number of benzene rings is 1. The Balaban J connectivity index is 3.30. The summed E-state index contributed by atoms with van der Waals surface area (Å²) in [6, 6.07) is 0.682. The van der Waals surface area contributed by atoms with Gasteiger partial charge in [-0.2, -0.15) is 70.2 Å². The lowest BCUT2D eigenvalue weighted by Crippen LogP contribution is -2.70. The van der Waals surface area contributed by atoms with Crippen LogP contribution in [0.1, 0.15) is 23.7 Å². The molecule has 0 aromatic heterocycles. The van der Waals surface area contributed by atoms with E-state index in [4.69, 9.17) is 0 Å². The Morgan fingerprint density at radius 3 is 1.28 bits per heavy atom. The highest BCUT2D eigenvalue weighted by Gasteiger charge is 2.90. The maximum Gasteiger partial charge on any atom is 0.460 e. The van der Waals surface area contributed by atoms with Crippen molar-refractivity contribution in [3.63, 3.8) is 0 Å². The molecule has 0 fully saturated rings. The highest BCUT2D eigenvalue weighted by atomic mass is 19.4. The molecule has 17 heteroatoms. The Kier molecular flexibility index (Phi) is 6.87. The van der Waals surface area contributed by atoms with Gasteiger partial charge in [-0.1, -0.05) is 12.1 Å². The van der Waals surface area contributed by atoms with Crippen LogP contribution in [0.3, 0.4) is 0 Å². The molecule has 0 saturated heterocycles. The summed E-state index contributed by atoms with van der Waals surface area (Å²) >= 11 is 0. The number of aliphatic hydroxyl groups is 1. The van der Waals surface area contributed by atoms with E-state index in [9.17, 15) is 75.4 Å². The summed E-state index contributed by atoms with van der Waals surface area (Å²) in [5, 5.41) is 9.42. The topological polar surface area (TPSA) is 20.2 Å². The van der Waals surface area contributed by atoms with E-state index < -0.39 is 65.6 Å². The quantitative estimate of drug-likeness (QED) is 0.399. The van der Waals surface area contributed by atoms with Crippen molar-refractivity contribution >= 4 is 0 Å². The molecule has 0 aliphatic rings. The summed E-state index contributed by atoms with van der Waals surface area (Å²) in [5.41, 5.74) is -2.49. The average Bonchev–Trinajstić information content (AvgIpc) is 2.59. The second-order valence-corrected chi connectivity index (χ2v) is 6.34. The second-order valence-electron chi connectivity index (χ2n) is 6.34. The molecule has 1 rings (SSSR count). The minimum atomic E-state index is -8.08. The molecule has 1 aromatic carbocycles. The van der Waals surface area contributed by atoms with E-state index in [2.05, 4.69) is 0 Å². The first-order valence-corrected chi connectivity index (χ1v) is 7.65. The molecule has 1 aromatic rings. The molecule has 0 heterocycles. The van der Waals surface area contributed by atoms with E-state index in [0.29, 0.717) is 0 Å². The van der Waals surface area contributed by atoms with Crippen LogP contribution in [-0.4, -0.2) is 40.9 Å². The second kappa shape index (κ2) is 7.83. The fraction of sp³-hybridized carbons (Fsp3) is 0.600. The largest absolute Gasteiger partial charge is 0.460 e. The summed E-state index contributed by atoms with van der Waals surface area (Å²) in [6.07, 6.45) is -18.6. The number of rotatable bonds is 7. The number of hydrogen-bond acceptors (Lipinski definition) is 1. The molecule has 0 aliphatic carbocycles. The van der Waals surface area contributed by atoms with Gasteiger partial charge < -0.3 is 5.11 Å². The number of halogens is 16. The molecule has 32 heavy (non-hydrogen) atoms. The zero-order chi connectivity index (χ0) is 25.8. The normalized spacial score (nSPS) is 16.3. The van der Waals surface area contributed by atoms with Gasteiger partial charge >= 0.3 is 42.0 Å². The Bertz CT molecular complexity index is 789. The van der Waals surface area contributed by atoms with Crippen molar-refractivity contribution in [3.8, 4) is 0 Å². The van der Waals surface area contributed by atoms with Gasteiger partial charge in [-0.15, -0.1) is 0 Å². The maximum atomic E-state index is 13.7. The summed E-state index contributed by atoms with van der Waals surface area (Å²) in [4.78, 5) is 0. The number of alkyl halides is 16. The lowest BCUT2D eigenvalue weighted by molar-refractivity contribution is -0.440. The van der Waals surface area contributed by atoms with Crippen molar-refractivity contribution < 1.29 is 75.4 Å². The summed E-state index contributed by atoms with van der Waals surface area (Å²) < 4.78 is 206. The molecule has 1 nitrogen and oxygen atoms in total. The van der Waals surface area contributed by atoms with Crippen LogP contribution in [0.25, 0.3) is 0 Å². The van der Waals surface area contributed by atoms with E-state index in [1.54, 1.807) is 0 Å². The smallest absolute Gasteiger partial charge is 0.388 e. The maximum absolute atomic E-state index is 13.7. The lowest BCUT2D eigenvalue weighted by atomic mass is 9.90. The summed E-state index contributed by atoms with van der Waals surface area (Å²) in [7, 11) is 0. The van der Waals surface area contributed by atoms with Crippen LogP contribution >= 0.6 is 0 Å². The molecule has 0 amide bonds. The molecular formula is C15H8F16O. The van der Waals surface area contributed by atoms with Gasteiger partial charge in [-0.3, -0.25) is 0 Å². The van der Waals surface area contributed by atoms with Crippen molar-refractivity contribution in [2.24, 2.45) is 0 Å². The van der Waals surface area contributed by atoms with Gasteiger partial charge in [0.1, 0.15) is 0 Å². The van der Waals surface area contributed by atoms with E-state index in [0.717, 1.165) is 0 Å². The summed E-state index contributed by atoms with van der Waals surface area (Å²) in [6.45, 7) is 0. The van der Waals surface area contributed by atoms with Gasteiger partial charge in [0.15, 0.2) is 0 Å². The van der Waals surface area contributed by atoms with E-state index in [1.807, 2.05) is 0 Å². The fourth-order valence-electron chi connectivity index (χ4n) is 2.19. The van der Waals surface area contributed by atoms with Gasteiger partial charge in [0.25, 0.3) is 0 Å². The third kappa shape index (κ3) is 4.44. The predicted octanol–water partition coefficient (Wildman–Crippen LogP) is 6.87. The SMILES string of the molecule is OC(CC(F)(F)C(F)(F)C(F)(F)C(F)(F)C(F)(F)C(F)(F)F)c1ccc(C(F)(F)F)cc1. The van der Waals surface area contributed by atoms with Crippen molar-refractivity contribution in [3.05, 3.63) is 35.4 Å². The Hall–Kier alpha value is -1.94. The standard InChI is InChI=1S/C15H8F16O/c16-9(17,5-8(32)6-1-3-7(4-2-6)10(18,19)20)11(21,22)12(23,24)13(25,26)14(27,28)15(29,30)31/h1-4,8,32H,5H2. The third-order valence-electron chi connectivity index (χ3n) is 4.07. The van der Waals surface area contributed by atoms with Crippen LogP contribution < -0.4 is 0 Å². The van der Waals surface area contributed by atoms with Crippen LogP contribution in [0.2, 0.25) is 0 Å². The molecule has 1 atom stereocenters. The van der Waals surface area contributed by atoms with Crippen LogP contribution in [0.5, 0.6) is 0 Å². The zero-order valence-corrected chi connectivity index (χ0v) is 14.6. The zero-order valence-electron chi connectivity index (χ0n) is 14.6. The van der Waals surface area contributed by atoms with Crippen molar-refractivity contribution in [1.29, 1.82) is 0 Å². The van der Waals surface area contributed by atoms with Crippen LogP contribution in [0, 0.1) is 0 Å². The van der Waals surface area contributed by atoms with Gasteiger partial charge in [-0.05, 0) is 17.7 Å². The Morgan fingerprint density at radius 2 is 0.938 bits per heavy atom. The van der Waals surface area contributed by atoms with Crippen LogP contribution in [-0.2, 0) is 6.18 Å². The van der Waals surface area contributed by atoms with Crippen molar-refractivity contribution in [2.75, 3.05) is 0 Å². The monoisotopic (exact) mass is 508 g/mol. The molecule has 1 unspecified atom stereocenters. The molecule has 1 N–H and O–H groups in total. The van der Waals surface area contributed by atoms with Gasteiger partial charge in [0, 0.05) is 6.42 Å². The molecule has 186 valence electrons. The van der Waals surface area contributed by atoms with Gasteiger partial charge in [0.2, 0.25) is 0 Å². The first kappa shape index (κ1) is 28.1.